The minimum Gasteiger partial charge on any atom is -0.313 e. The fraction of sp³-hybridized carbons (Fsp3) is 0.900. The van der Waals surface area contributed by atoms with Crippen LogP contribution in [0.15, 0.2) is 0 Å². The van der Waals surface area contributed by atoms with E-state index in [4.69, 9.17) is 5.26 Å². The van der Waals surface area contributed by atoms with Crippen molar-refractivity contribution < 1.29 is 4.21 Å². The molecule has 0 heterocycles. The number of rotatable bonds is 7. The van der Waals surface area contributed by atoms with Crippen LogP contribution >= 0.6 is 0 Å². The van der Waals surface area contributed by atoms with E-state index >= 15 is 0 Å². The van der Waals surface area contributed by atoms with Crippen LogP contribution < -0.4 is 5.32 Å². The molecule has 3 atom stereocenters. The maximum Gasteiger partial charge on any atom is 0.0638 e. The number of hydrogen-bond donors (Lipinski definition) is 1. The summed E-state index contributed by atoms with van der Waals surface area (Å²) >= 11 is 0. The van der Waals surface area contributed by atoms with Crippen LogP contribution in [-0.4, -0.2) is 28.3 Å². The molecule has 0 radical (unpaired) electrons. The first-order chi connectivity index (χ1) is 6.61. The van der Waals surface area contributed by atoms with Gasteiger partial charge in [-0.05, 0) is 19.4 Å². The van der Waals surface area contributed by atoms with E-state index in [1.54, 1.807) is 6.26 Å². The Bertz CT molecular complexity index is 213. The number of nitriles is 1. The molecule has 82 valence electrons. The summed E-state index contributed by atoms with van der Waals surface area (Å²) in [4.78, 5) is 0. The van der Waals surface area contributed by atoms with Gasteiger partial charge in [0.15, 0.2) is 0 Å². The largest absolute Gasteiger partial charge is 0.313 e. The van der Waals surface area contributed by atoms with Crippen LogP contribution in [0.5, 0.6) is 0 Å². The van der Waals surface area contributed by atoms with E-state index in [-0.39, 0.29) is 11.3 Å². The second-order valence-electron chi connectivity index (χ2n) is 3.52. The highest BCUT2D eigenvalue weighted by Gasteiger charge is 2.08. The zero-order valence-corrected chi connectivity index (χ0v) is 10.1. The van der Waals surface area contributed by atoms with Gasteiger partial charge in [-0.25, -0.2) is 0 Å². The summed E-state index contributed by atoms with van der Waals surface area (Å²) in [6.07, 6.45) is 4.17. The second kappa shape index (κ2) is 7.95. The third-order valence-electron chi connectivity index (χ3n) is 2.38. The first-order valence-electron chi connectivity index (χ1n) is 5.04. The van der Waals surface area contributed by atoms with E-state index in [1.165, 1.54) is 0 Å². The minimum atomic E-state index is -0.736. The Morgan fingerprint density at radius 3 is 2.64 bits per heavy atom. The van der Waals surface area contributed by atoms with Gasteiger partial charge in [-0.15, -0.1) is 0 Å². The normalized spacial score (nSPS) is 17.0. The molecular formula is C10H20N2OS. The number of hydrogen-bond acceptors (Lipinski definition) is 3. The first-order valence-corrected chi connectivity index (χ1v) is 6.66. The zero-order chi connectivity index (χ0) is 11.0. The van der Waals surface area contributed by atoms with Crippen LogP contribution in [0.1, 0.15) is 33.1 Å². The Hall–Kier alpha value is -0.400. The monoisotopic (exact) mass is 216 g/mol. The molecule has 0 fully saturated rings. The summed E-state index contributed by atoms with van der Waals surface area (Å²) in [7, 11) is -0.736. The van der Waals surface area contributed by atoms with Crippen molar-refractivity contribution >= 4 is 10.8 Å². The Labute approximate surface area is 89.3 Å². The summed E-state index contributed by atoms with van der Waals surface area (Å²) in [5, 5.41) is 12.1. The van der Waals surface area contributed by atoms with Crippen molar-refractivity contribution in [1.82, 2.24) is 5.32 Å². The van der Waals surface area contributed by atoms with Gasteiger partial charge in [-0.2, -0.15) is 5.26 Å². The summed E-state index contributed by atoms with van der Waals surface area (Å²) in [6.45, 7) is 4.90. The lowest BCUT2D eigenvalue weighted by Crippen LogP contribution is -2.31. The molecule has 3 unspecified atom stereocenters. The van der Waals surface area contributed by atoms with Gasteiger partial charge in [0, 0.05) is 28.3 Å². The van der Waals surface area contributed by atoms with Crippen molar-refractivity contribution in [2.75, 3.05) is 12.8 Å². The molecule has 0 saturated carbocycles. The number of nitrogens with zero attached hydrogens (tertiary/aromatic N) is 1. The molecule has 0 aromatic rings. The summed E-state index contributed by atoms with van der Waals surface area (Å²) in [6, 6.07) is 2.45. The quantitative estimate of drug-likeness (QED) is 0.700. The molecule has 0 rings (SSSR count). The van der Waals surface area contributed by atoms with E-state index in [0.717, 1.165) is 19.4 Å². The Morgan fingerprint density at radius 1 is 1.57 bits per heavy atom. The first kappa shape index (κ1) is 13.6. The summed E-state index contributed by atoms with van der Waals surface area (Å²) < 4.78 is 11.0. The zero-order valence-electron chi connectivity index (χ0n) is 9.25. The number of nitrogens with one attached hydrogen (secondary N) is 1. The predicted molar refractivity (Wildman–Crippen MR) is 60.5 cm³/mol. The molecule has 3 nitrogen and oxygen atoms in total. The van der Waals surface area contributed by atoms with Gasteiger partial charge in [0.2, 0.25) is 0 Å². The van der Waals surface area contributed by atoms with E-state index in [0.29, 0.717) is 6.42 Å². The molecule has 0 aliphatic rings. The van der Waals surface area contributed by atoms with Gasteiger partial charge in [-0.3, -0.25) is 4.21 Å². The Balaban J connectivity index is 3.61. The van der Waals surface area contributed by atoms with E-state index in [1.807, 2.05) is 6.92 Å². The molecule has 0 aliphatic heterocycles. The van der Waals surface area contributed by atoms with Crippen molar-refractivity contribution in [3.8, 4) is 6.07 Å². The van der Waals surface area contributed by atoms with Gasteiger partial charge >= 0.3 is 0 Å². The molecule has 0 bridgehead atoms. The van der Waals surface area contributed by atoms with Crippen molar-refractivity contribution in [3.63, 3.8) is 0 Å². The van der Waals surface area contributed by atoms with Crippen LogP contribution in [0, 0.1) is 11.3 Å². The molecule has 0 aromatic heterocycles. The molecule has 0 saturated heterocycles. The van der Waals surface area contributed by atoms with E-state index < -0.39 is 10.8 Å². The molecule has 14 heavy (non-hydrogen) atoms. The van der Waals surface area contributed by atoms with Gasteiger partial charge in [-0.1, -0.05) is 13.8 Å². The lowest BCUT2D eigenvalue weighted by molar-refractivity contribution is 0.496. The van der Waals surface area contributed by atoms with Crippen molar-refractivity contribution in [2.45, 2.75) is 44.4 Å². The average Bonchev–Trinajstić information content (AvgIpc) is 2.16. The van der Waals surface area contributed by atoms with E-state index in [9.17, 15) is 4.21 Å². The fourth-order valence-corrected chi connectivity index (χ4v) is 1.58. The van der Waals surface area contributed by atoms with E-state index in [2.05, 4.69) is 18.3 Å². The second-order valence-corrected chi connectivity index (χ2v) is 5.32. The van der Waals surface area contributed by atoms with Crippen LogP contribution in [-0.2, 0) is 10.8 Å². The molecule has 1 N–H and O–H groups in total. The van der Waals surface area contributed by atoms with Crippen molar-refractivity contribution in [2.24, 2.45) is 0 Å². The Morgan fingerprint density at radius 2 is 2.21 bits per heavy atom. The van der Waals surface area contributed by atoms with Gasteiger partial charge in [0.25, 0.3) is 0 Å². The SMILES string of the molecule is CCC(CC#N)NCCC(C)S(C)=O. The predicted octanol–water partition coefficient (Wildman–Crippen LogP) is 1.43. The van der Waals surface area contributed by atoms with Gasteiger partial charge in [0.05, 0.1) is 12.5 Å². The highest BCUT2D eigenvalue weighted by atomic mass is 32.2. The highest BCUT2D eigenvalue weighted by molar-refractivity contribution is 7.84. The lowest BCUT2D eigenvalue weighted by atomic mass is 10.1. The Kier molecular flexibility index (Phi) is 7.73. The van der Waals surface area contributed by atoms with Crippen LogP contribution in [0.25, 0.3) is 0 Å². The third-order valence-corrected chi connectivity index (χ3v) is 3.75. The molecular weight excluding hydrogens is 196 g/mol. The highest BCUT2D eigenvalue weighted by Crippen LogP contribution is 2.00. The van der Waals surface area contributed by atoms with Crippen LogP contribution in [0.4, 0.5) is 0 Å². The van der Waals surface area contributed by atoms with Gasteiger partial charge in [0.1, 0.15) is 0 Å². The standard InChI is InChI=1S/C10H20N2OS/c1-4-10(5-7-11)12-8-6-9(2)14(3)13/h9-10,12H,4-6,8H2,1-3H3. The van der Waals surface area contributed by atoms with Crippen molar-refractivity contribution in [1.29, 1.82) is 5.26 Å². The molecule has 4 heteroatoms. The maximum atomic E-state index is 11.0. The fourth-order valence-electron chi connectivity index (χ4n) is 1.13. The summed E-state index contributed by atoms with van der Waals surface area (Å²) in [5.74, 6) is 0. The molecule has 0 amide bonds. The lowest BCUT2D eigenvalue weighted by Gasteiger charge is -2.15. The van der Waals surface area contributed by atoms with Crippen LogP contribution in [0.2, 0.25) is 0 Å². The van der Waals surface area contributed by atoms with Crippen molar-refractivity contribution in [3.05, 3.63) is 0 Å². The average molecular weight is 216 g/mol. The smallest absolute Gasteiger partial charge is 0.0638 e. The van der Waals surface area contributed by atoms with Crippen LogP contribution in [0.3, 0.4) is 0 Å². The van der Waals surface area contributed by atoms with Gasteiger partial charge < -0.3 is 5.32 Å². The minimum absolute atomic E-state index is 0.238. The summed E-state index contributed by atoms with van der Waals surface area (Å²) in [5.41, 5.74) is 0. The molecule has 0 aliphatic carbocycles. The topological polar surface area (TPSA) is 52.9 Å². The molecule has 0 aromatic carbocycles. The molecule has 0 spiro atoms. The maximum absolute atomic E-state index is 11.0. The third kappa shape index (κ3) is 6.11.